The molecule has 0 aromatic heterocycles. The van der Waals surface area contributed by atoms with Gasteiger partial charge in [-0.15, -0.1) is 0 Å². The molecule has 9 nitrogen and oxygen atoms in total. The third kappa shape index (κ3) is 5.37. The van der Waals surface area contributed by atoms with Crippen LogP contribution in [0.1, 0.15) is 16.7 Å². The first kappa shape index (κ1) is 25.3. The zero-order valence-electron chi connectivity index (χ0n) is 18.7. The molecule has 0 saturated carbocycles. The van der Waals surface area contributed by atoms with E-state index in [1.165, 1.54) is 18.2 Å². The van der Waals surface area contributed by atoms with Crippen LogP contribution in [0.5, 0.6) is 5.75 Å². The number of halogens is 2. The second-order valence-electron chi connectivity index (χ2n) is 7.79. The van der Waals surface area contributed by atoms with Gasteiger partial charge in [0.25, 0.3) is 17.5 Å². The number of aryl methyl sites for hydroxylation is 1. The second kappa shape index (κ2) is 10.4. The highest BCUT2D eigenvalue weighted by atomic mass is 79.9. The molecule has 1 aliphatic heterocycles. The zero-order valence-corrected chi connectivity index (χ0v) is 21.8. The number of barbiturate groups is 1. The SMILES string of the molecule is Cc1cc(N2C(=O)NC(=O)/C(=C\c3cc(Br)ccc3OCc3cccc([N+](=O)[O-])c3)C2=O)ccc1Br. The Morgan fingerprint density at radius 2 is 1.83 bits per heavy atom. The lowest BCUT2D eigenvalue weighted by Gasteiger charge is -2.27. The molecule has 0 spiro atoms. The molecular formula is C25H17Br2N3O6. The van der Waals surface area contributed by atoms with Crippen LogP contribution in [0.2, 0.25) is 0 Å². The lowest BCUT2D eigenvalue weighted by Crippen LogP contribution is -2.54. The van der Waals surface area contributed by atoms with Gasteiger partial charge < -0.3 is 4.74 Å². The number of nitrogens with zero attached hydrogens (tertiary/aromatic N) is 2. The zero-order chi connectivity index (χ0) is 26.0. The van der Waals surface area contributed by atoms with E-state index < -0.39 is 22.8 Å². The van der Waals surface area contributed by atoms with E-state index in [9.17, 15) is 24.5 Å². The van der Waals surface area contributed by atoms with E-state index in [1.54, 1.807) is 48.5 Å². The predicted octanol–water partition coefficient (Wildman–Crippen LogP) is 5.67. The standard InChI is InChI=1S/C25H17Br2N3O6/c1-14-9-18(6-7-21(14)27)29-24(32)20(23(31)28-25(29)33)12-16-11-17(26)5-8-22(16)36-13-15-3-2-4-19(10-15)30(34)35/h2-12H,13H2,1H3,(H,28,31,33)/b20-12+. The molecule has 4 rings (SSSR count). The van der Waals surface area contributed by atoms with Gasteiger partial charge in [0.1, 0.15) is 17.9 Å². The number of benzene rings is 3. The van der Waals surface area contributed by atoms with Crippen molar-refractivity contribution in [2.24, 2.45) is 0 Å². The normalized spacial score (nSPS) is 14.7. The minimum Gasteiger partial charge on any atom is -0.488 e. The summed E-state index contributed by atoms with van der Waals surface area (Å²) in [5.74, 6) is -1.28. The van der Waals surface area contributed by atoms with Crippen molar-refractivity contribution in [1.82, 2.24) is 5.32 Å². The van der Waals surface area contributed by atoms with Crippen molar-refractivity contribution >= 4 is 67.2 Å². The first-order valence-corrected chi connectivity index (χ1v) is 12.1. The maximum atomic E-state index is 13.3. The minimum absolute atomic E-state index is 0.0163. The van der Waals surface area contributed by atoms with Crippen molar-refractivity contribution in [3.05, 3.63) is 102 Å². The average molecular weight is 615 g/mol. The molecular weight excluding hydrogens is 598 g/mol. The van der Waals surface area contributed by atoms with Gasteiger partial charge in [0.05, 0.1) is 10.6 Å². The number of nitro groups is 1. The fraction of sp³-hybridized carbons (Fsp3) is 0.0800. The number of ether oxygens (including phenoxy) is 1. The molecule has 3 aromatic rings. The Balaban J connectivity index is 1.67. The lowest BCUT2D eigenvalue weighted by atomic mass is 10.1. The number of hydrogen-bond acceptors (Lipinski definition) is 6. The summed E-state index contributed by atoms with van der Waals surface area (Å²) in [4.78, 5) is 49.9. The second-order valence-corrected chi connectivity index (χ2v) is 9.56. The number of anilines is 1. The van der Waals surface area contributed by atoms with Crippen LogP contribution in [0.15, 0.2) is 75.2 Å². The molecule has 1 aliphatic rings. The number of amides is 4. The van der Waals surface area contributed by atoms with E-state index in [-0.39, 0.29) is 17.9 Å². The van der Waals surface area contributed by atoms with Crippen LogP contribution in [-0.4, -0.2) is 22.8 Å². The van der Waals surface area contributed by atoms with Crippen LogP contribution in [0.25, 0.3) is 6.08 Å². The highest BCUT2D eigenvalue weighted by Gasteiger charge is 2.37. The summed E-state index contributed by atoms with van der Waals surface area (Å²) in [6.07, 6.45) is 1.34. The van der Waals surface area contributed by atoms with Crippen molar-refractivity contribution in [2.75, 3.05) is 4.90 Å². The number of non-ortho nitro benzene ring substituents is 1. The lowest BCUT2D eigenvalue weighted by molar-refractivity contribution is -0.384. The molecule has 36 heavy (non-hydrogen) atoms. The average Bonchev–Trinajstić information content (AvgIpc) is 2.83. The molecule has 11 heteroatoms. The molecule has 182 valence electrons. The van der Waals surface area contributed by atoms with E-state index >= 15 is 0 Å². The predicted molar refractivity (Wildman–Crippen MR) is 139 cm³/mol. The van der Waals surface area contributed by atoms with Gasteiger partial charge in [-0.3, -0.25) is 25.0 Å². The largest absolute Gasteiger partial charge is 0.488 e. The van der Waals surface area contributed by atoms with E-state index in [1.807, 2.05) is 6.92 Å². The Morgan fingerprint density at radius 3 is 2.56 bits per heavy atom. The molecule has 1 N–H and O–H groups in total. The first-order chi connectivity index (χ1) is 17.1. The van der Waals surface area contributed by atoms with Crippen LogP contribution in [0.3, 0.4) is 0 Å². The summed E-state index contributed by atoms with van der Waals surface area (Å²) < 4.78 is 7.34. The smallest absolute Gasteiger partial charge is 0.335 e. The Kier molecular flexibility index (Phi) is 7.32. The van der Waals surface area contributed by atoms with E-state index in [0.717, 1.165) is 14.9 Å². The number of carbonyl (C=O) groups excluding carboxylic acids is 3. The summed E-state index contributed by atoms with van der Waals surface area (Å²) in [5.41, 5.74) is 1.77. The number of rotatable bonds is 6. The molecule has 0 aliphatic carbocycles. The molecule has 1 saturated heterocycles. The summed E-state index contributed by atoms with van der Waals surface area (Å²) in [6, 6.07) is 15.1. The molecule has 1 heterocycles. The van der Waals surface area contributed by atoms with Gasteiger partial charge in [-0.1, -0.05) is 44.0 Å². The third-order valence-corrected chi connectivity index (χ3v) is 6.67. The minimum atomic E-state index is -0.847. The summed E-state index contributed by atoms with van der Waals surface area (Å²) >= 11 is 6.76. The van der Waals surface area contributed by atoms with Crippen LogP contribution in [0.4, 0.5) is 16.2 Å². The van der Waals surface area contributed by atoms with Gasteiger partial charge in [-0.25, -0.2) is 9.69 Å². The van der Waals surface area contributed by atoms with E-state index in [4.69, 9.17) is 4.74 Å². The van der Waals surface area contributed by atoms with Crippen molar-refractivity contribution < 1.29 is 24.0 Å². The maximum Gasteiger partial charge on any atom is 0.335 e. The number of carbonyl (C=O) groups is 3. The molecule has 0 unspecified atom stereocenters. The Morgan fingerprint density at radius 1 is 1.06 bits per heavy atom. The Bertz CT molecular complexity index is 1450. The maximum absolute atomic E-state index is 13.3. The molecule has 0 radical (unpaired) electrons. The van der Waals surface area contributed by atoms with Gasteiger partial charge in [0.2, 0.25) is 0 Å². The van der Waals surface area contributed by atoms with Gasteiger partial charge in [-0.05, 0) is 60.5 Å². The number of imide groups is 2. The number of nitrogens with one attached hydrogen (secondary N) is 1. The van der Waals surface area contributed by atoms with Gasteiger partial charge in [0, 0.05) is 26.6 Å². The van der Waals surface area contributed by atoms with Crippen molar-refractivity contribution in [2.45, 2.75) is 13.5 Å². The highest BCUT2D eigenvalue weighted by Crippen LogP contribution is 2.30. The number of hydrogen-bond donors (Lipinski definition) is 1. The van der Waals surface area contributed by atoms with Gasteiger partial charge in [-0.2, -0.15) is 0 Å². The van der Waals surface area contributed by atoms with Crippen LogP contribution in [-0.2, 0) is 16.2 Å². The molecule has 0 atom stereocenters. The summed E-state index contributed by atoms with van der Waals surface area (Å²) in [7, 11) is 0. The van der Waals surface area contributed by atoms with E-state index in [2.05, 4.69) is 37.2 Å². The molecule has 1 fully saturated rings. The number of urea groups is 1. The highest BCUT2D eigenvalue weighted by molar-refractivity contribution is 9.10. The van der Waals surface area contributed by atoms with E-state index in [0.29, 0.717) is 27.0 Å². The molecule has 3 aromatic carbocycles. The first-order valence-electron chi connectivity index (χ1n) is 10.5. The molecule has 4 amide bonds. The van der Waals surface area contributed by atoms with Crippen molar-refractivity contribution in [3.63, 3.8) is 0 Å². The Labute approximate surface area is 222 Å². The monoisotopic (exact) mass is 613 g/mol. The fourth-order valence-electron chi connectivity index (χ4n) is 3.50. The van der Waals surface area contributed by atoms with Crippen LogP contribution in [0, 0.1) is 17.0 Å². The van der Waals surface area contributed by atoms with Crippen LogP contribution < -0.4 is 15.0 Å². The van der Waals surface area contributed by atoms with Crippen LogP contribution >= 0.6 is 31.9 Å². The quantitative estimate of drug-likeness (QED) is 0.165. The fourth-order valence-corrected chi connectivity index (χ4v) is 4.13. The topological polar surface area (TPSA) is 119 Å². The van der Waals surface area contributed by atoms with Crippen molar-refractivity contribution in [3.8, 4) is 5.75 Å². The summed E-state index contributed by atoms with van der Waals surface area (Å²) in [5, 5.41) is 13.2. The Hall–Kier alpha value is -3.83. The number of nitro benzene ring substituents is 1. The summed E-state index contributed by atoms with van der Waals surface area (Å²) in [6.45, 7) is 1.83. The van der Waals surface area contributed by atoms with Gasteiger partial charge >= 0.3 is 6.03 Å². The molecule has 0 bridgehead atoms. The van der Waals surface area contributed by atoms with Crippen molar-refractivity contribution in [1.29, 1.82) is 0 Å². The van der Waals surface area contributed by atoms with Gasteiger partial charge in [0.15, 0.2) is 0 Å². The third-order valence-electron chi connectivity index (χ3n) is 5.29.